The Bertz CT molecular complexity index is 446. The number of rotatable bonds is 4. The standard InChI is InChI=1S/C13H25N3O3S/c1-11(16-6-3-4-7-16)9-14-13(17)15(2)12-5-8-20(18,19)10-12/h11-12H,3-10H2,1-2H3,(H,14,17)/t11-,12+/m0/s1. The Morgan fingerprint density at radius 1 is 1.40 bits per heavy atom. The van der Waals surface area contributed by atoms with Gasteiger partial charge < -0.3 is 10.2 Å². The van der Waals surface area contributed by atoms with Crippen LogP contribution in [0.15, 0.2) is 0 Å². The van der Waals surface area contributed by atoms with Crippen molar-refractivity contribution in [2.45, 2.75) is 38.3 Å². The molecule has 2 atom stereocenters. The number of nitrogens with zero attached hydrogens (tertiary/aromatic N) is 2. The number of carbonyl (C=O) groups excluding carboxylic acids is 1. The van der Waals surface area contributed by atoms with Gasteiger partial charge in [-0.15, -0.1) is 0 Å². The lowest BCUT2D eigenvalue weighted by molar-refractivity contribution is 0.187. The summed E-state index contributed by atoms with van der Waals surface area (Å²) in [6.45, 7) is 4.94. The molecule has 2 amide bonds. The molecule has 0 spiro atoms. The fraction of sp³-hybridized carbons (Fsp3) is 0.923. The monoisotopic (exact) mass is 303 g/mol. The molecular weight excluding hydrogens is 278 g/mol. The Morgan fingerprint density at radius 2 is 2.05 bits per heavy atom. The van der Waals surface area contributed by atoms with Crippen LogP contribution in [-0.4, -0.2) is 74.5 Å². The van der Waals surface area contributed by atoms with Crippen molar-refractivity contribution in [3.8, 4) is 0 Å². The molecule has 2 rings (SSSR count). The zero-order valence-corrected chi connectivity index (χ0v) is 13.2. The molecule has 2 aliphatic heterocycles. The second-order valence-corrected chi connectivity index (χ2v) is 8.17. The highest BCUT2D eigenvalue weighted by molar-refractivity contribution is 7.91. The van der Waals surface area contributed by atoms with Gasteiger partial charge in [-0.2, -0.15) is 0 Å². The largest absolute Gasteiger partial charge is 0.336 e. The third-order valence-corrected chi connectivity index (χ3v) is 6.14. The smallest absolute Gasteiger partial charge is 0.317 e. The summed E-state index contributed by atoms with van der Waals surface area (Å²) in [5.74, 6) is 0.290. The van der Waals surface area contributed by atoms with Gasteiger partial charge in [0.15, 0.2) is 9.84 Å². The molecule has 2 fully saturated rings. The number of sulfone groups is 1. The molecule has 6 nitrogen and oxygen atoms in total. The Labute approximate surface area is 121 Å². The van der Waals surface area contributed by atoms with Gasteiger partial charge in [0.25, 0.3) is 0 Å². The van der Waals surface area contributed by atoms with E-state index < -0.39 is 9.84 Å². The van der Waals surface area contributed by atoms with Gasteiger partial charge in [-0.05, 0) is 39.3 Å². The van der Waals surface area contributed by atoms with Crippen LogP contribution < -0.4 is 5.32 Å². The van der Waals surface area contributed by atoms with Crippen LogP contribution in [0.25, 0.3) is 0 Å². The van der Waals surface area contributed by atoms with E-state index in [0.29, 0.717) is 19.0 Å². The minimum atomic E-state index is -2.95. The topological polar surface area (TPSA) is 69.7 Å². The first-order valence-electron chi connectivity index (χ1n) is 7.34. The summed E-state index contributed by atoms with van der Waals surface area (Å²) in [6.07, 6.45) is 3.02. The molecule has 2 aliphatic rings. The van der Waals surface area contributed by atoms with Gasteiger partial charge in [-0.25, -0.2) is 13.2 Å². The number of hydrogen-bond donors (Lipinski definition) is 1. The summed E-state index contributed by atoms with van der Waals surface area (Å²) in [5.41, 5.74) is 0. The number of hydrogen-bond acceptors (Lipinski definition) is 4. The zero-order valence-electron chi connectivity index (χ0n) is 12.3. The normalized spacial score (nSPS) is 27.4. The molecule has 116 valence electrons. The maximum Gasteiger partial charge on any atom is 0.317 e. The first-order valence-corrected chi connectivity index (χ1v) is 9.16. The van der Waals surface area contributed by atoms with E-state index in [0.717, 1.165) is 13.1 Å². The van der Waals surface area contributed by atoms with Crippen LogP contribution in [0.1, 0.15) is 26.2 Å². The maximum absolute atomic E-state index is 12.1. The third kappa shape index (κ3) is 3.85. The van der Waals surface area contributed by atoms with E-state index in [1.54, 1.807) is 11.9 Å². The van der Waals surface area contributed by atoms with Crippen molar-refractivity contribution in [3.05, 3.63) is 0 Å². The van der Waals surface area contributed by atoms with E-state index >= 15 is 0 Å². The van der Waals surface area contributed by atoms with Gasteiger partial charge >= 0.3 is 6.03 Å². The molecule has 0 bridgehead atoms. The number of carbonyl (C=O) groups is 1. The highest BCUT2D eigenvalue weighted by atomic mass is 32.2. The van der Waals surface area contributed by atoms with E-state index in [1.807, 2.05) is 0 Å². The van der Waals surface area contributed by atoms with Gasteiger partial charge in [-0.3, -0.25) is 4.90 Å². The fourth-order valence-electron chi connectivity index (χ4n) is 2.92. The average Bonchev–Trinajstić information content (AvgIpc) is 3.03. The molecule has 7 heteroatoms. The van der Waals surface area contributed by atoms with Crippen molar-refractivity contribution in [2.75, 3.05) is 38.2 Å². The SMILES string of the molecule is C[C@@H](CNC(=O)N(C)[C@@H]1CCS(=O)(=O)C1)N1CCCC1. The van der Waals surface area contributed by atoms with Gasteiger partial charge in [0.2, 0.25) is 0 Å². The lowest BCUT2D eigenvalue weighted by atomic mass is 10.2. The Kier molecular flexibility index (Phi) is 4.90. The van der Waals surface area contributed by atoms with Crippen molar-refractivity contribution < 1.29 is 13.2 Å². The first kappa shape index (κ1) is 15.6. The molecule has 1 N–H and O–H groups in total. The minimum Gasteiger partial charge on any atom is -0.336 e. The van der Waals surface area contributed by atoms with E-state index in [1.165, 1.54) is 12.8 Å². The van der Waals surface area contributed by atoms with Crippen LogP contribution in [0.3, 0.4) is 0 Å². The Hall–Kier alpha value is -0.820. The predicted octanol–water partition coefficient (Wildman–Crippen LogP) is 0.299. The van der Waals surface area contributed by atoms with Crippen LogP contribution in [0.2, 0.25) is 0 Å². The summed E-state index contributed by atoms with van der Waals surface area (Å²) in [4.78, 5) is 16.0. The quantitative estimate of drug-likeness (QED) is 0.811. The Balaban J connectivity index is 1.76. The second kappa shape index (κ2) is 6.30. The molecule has 2 saturated heterocycles. The second-order valence-electron chi connectivity index (χ2n) is 5.95. The molecule has 0 aromatic heterocycles. The van der Waals surface area contributed by atoms with E-state index in [2.05, 4.69) is 17.1 Å². The van der Waals surface area contributed by atoms with Crippen molar-refractivity contribution in [2.24, 2.45) is 0 Å². The summed E-state index contributed by atoms with van der Waals surface area (Å²) >= 11 is 0. The molecular formula is C13H25N3O3S. The molecule has 0 radical (unpaired) electrons. The van der Waals surface area contributed by atoms with Crippen molar-refractivity contribution in [1.29, 1.82) is 0 Å². The highest BCUT2D eigenvalue weighted by Gasteiger charge is 2.32. The Morgan fingerprint density at radius 3 is 2.60 bits per heavy atom. The van der Waals surface area contributed by atoms with Crippen molar-refractivity contribution >= 4 is 15.9 Å². The maximum atomic E-state index is 12.1. The number of nitrogens with one attached hydrogen (secondary N) is 1. The number of likely N-dealkylation sites (tertiary alicyclic amines) is 1. The summed E-state index contributed by atoms with van der Waals surface area (Å²) in [6, 6.07) is -0.0117. The molecule has 0 aromatic rings. The zero-order chi connectivity index (χ0) is 14.8. The first-order chi connectivity index (χ1) is 9.39. The predicted molar refractivity (Wildman–Crippen MR) is 78.5 cm³/mol. The fourth-order valence-corrected chi connectivity index (χ4v) is 4.69. The lowest BCUT2D eigenvalue weighted by Gasteiger charge is -2.27. The average molecular weight is 303 g/mol. The van der Waals surface area contributed by atoms with E-state index in [-0.39, 0.29) is 23.6 Å². The molecule has 0 aromatic carbocycles. The van der Waals surface area contributed by atoms with Crippen molar-refractivity contribution in [1.82, 2.24) is 15.1 Å². The highest BCUT2D eigenvalue weighted by Crippen LogP contribution is 2.16. The van der Waals surface area contributed by atoms with Gasteiger partial charge in [0, 0.05) is 25.7 Å². The van der Waals surface area contributed by atoms with Crippen LogP contribution in [0, 0.1) is 0 Å². The third-order valence-electron chi connectivity index (χ3n) is 4.39. The van der Waals surface area contributed by atoms with Crippen LogP contribution in [-0.2, 0) is 9.84 Å². The lowest BCUT2D eigenvalue weighted by Crippen LogP contribution is -2.48. The molecule has 0 saturated carbocycles. The van der Waals surface area contributed by atoms with Crippen molar-refractivity contribution in [3.63, 3.8) is 0 Å². The minimum absolute atomic E-state index is 0.0958. The van der Waals surface area contributed by atoms with Gasteiger partial charge in [0.1, 0.15) is 0 Å². The summed E-state index contributed by atoms with van der Waals surface area (Å²) < 4.78 is 22.9. The molecule has 0 unspecified atom stereocenters. The van der Waals surface area contributed by atoms with Gasteiger partial charge in [-0.1, -0.05) is 0 Å². The van der Waals surface area contributed by atoms with Crippen LogP contribution in [0.5, 0.6) is 0 Å². The summed E-state index contributed by atoms with van der Waals surface area (Å²) in [5, 5.41) is 2.91. The molecule has 20 heavy (non-hydrogen) atoms. The van der Waals surface area contributed by atoms with Crippen LogP contribution in [0.4, 0.5) is 4.79 Å². The number of urea groups is 1. The molecule has 2 heterocycles. The number of amides is 2. The van der Waals surface area contributed by atoms with E-state index in [4.69, 9.17) is 0 Å². The van der Waals surface area contributed by atoms with Crippen LogP contribution >= 0.6 is 0 Å². The summed E-state index contributed by atoms with van der Waals surface area (Å²) in [7, 11) is -1.27. The van der Waals surface area contributed by atoms with E-state index in [9.17, 15) is 13.2 Å². The molecule has 0 aliphatic carbocycles. The van der Waals surface area contributed by atoms with Gasteiger partial charge in [0.05, 0.1) is 11.5 Å².